The Morgan fingerprint density at radius 2 is 2.29 bits per heavy atom. The number of aliphatic hydroxyl groups is 1. The van der Waals surface area contributed by atoms with Crippen molar-refractivity contribution in [2.24, 2.45) is 0 Å². The number of aromatic nitrogens is 2. The molecule has 0 amide bonds. The van der Waals surface area contributed by atoms with E-state index in [0.29, 0.717) is 0 Å². The Labute approximate surface area is 83.4 Å². The first kappa shape index (κ1) is 9.40. The van der Waals surface area contributed by atoms with E-state index in [0.717, 1.165) is 24.4 Å². The maximum absolute atomic E-state index is 9.26. The van der Waals surface area contributed by atoms with Crippen molar-refractivity contribution in [3.8, 4) is 0 Å². The van der Waals surface area contributed by atoms with Crippen LogP contribution in [0.15, 0.2) is 12.4 Å². The number of aliphatic hydroxyl groups excluding tert-OH is 1. The highest BCUT2D eigenvalue weighted by Gasteiger charge is 2.36. The first-order valence-corrected chi connectivity index (χ1v) is 4.92. The van der Waals surface area contributed by atoms with E-state index in [1.807, 2.05) is 13.0 Å². The van der Waals surface area contributed by atoms with Gasteiger partial charge in [-0.3, -0.25) is 0 Å². The third kappa shape index (κ3) is 1.70. The molecule has 4 heteroatoms. The van der Waals surface area contributed by atoms with Crippen LogP contribution >= 0.6 is 0 Å². The third-order valence-corrected chi connectivity index (χ3v) is 2.81. The Hall–Kier alpha value is -1.16. The minimum atomic E-state index is -0.124. The van der Waals surface area contributed by atoms with Gasteiger partial charge in [0.25, 0.3) is 0 Å². The van der Waals surface area contributed by atoms with Gasteiger partial charge in [0.05, 0.1) is 12.1 Å². The van der Waals surface area contributed by atoms with E-state index in [2.05, 4.69) is 15.3 Å². The quantitative estimate of drug-likeness (QED) is 0.755. The molecule has 1 heterocycles. The van der Waals surface area contributed by atoms with Gasteiger partial charge in [-0.1, -0.05) is 0 Å². The summed E-state index contributed by atoms with van der Waals surface area (Å²) < 4.78 is 0. The van der Waals surface area contributed by atoms with Gasteiger partial charge in [0, 0.05) is 11.8 Å². The highest BCUT2D eigenvalue weighted by atomic mass is 16.3. The number of anilines is 1. The third-order valence-electron chi connectivity index (χ3n) is 2.81. The van der Waals surface area contributed by atoms with Gasteiger partial charge in [-0.25, -0.2) is 9.97 Å². The van der Waals surface area contributed by atoms with Crippen LogP contribution < -0.4 is 5.32 Å². The average Bonchev–Trinajstić information content (AvgIpc) is 2.11. The largest absolute Gasteiger partial charge is 0.394 e. The molecule has 0 aliphatic heterocycles. The zero-order valence-electron chi connectivity index (χ0n) is 8.32. The number of aryl methyl sites for hydroxylation is 1. The predicted molar refractivity (Wildman–Crippen MR) is 54.1 cm³/mol. The van der Waals surface area contributed by atoms with Crippen molar-refractivity contribution >= 4 is 5.82 Å². The standard InChI is InChI=1S/C10H15N3O/c1-8-5-9(12-7-11-8)13-10(6-14)3-2-4-10/h5,7,14H,2-4,6H2,1H3,(H,11,12,13). The molecule has 2 N–H and O–H groups in total. The van der Waals surface area contributed by atoms with Crippen LogP contribution in [0.1, 0.15) is 25.0 Å². The molecule has 0 spiro atoms. The summed E-state index contributed by atoms with van der Waals surface area (Å²) in [4.78, 5) is 8.15. The molecule has 1 saturated carbocycles. The molecule has 1 aliphatic carbocycles. The summed E-state index contributed by atoms with van der Waals surface area (Å²) >= 11 is 0. The van der Waals surface area contributed by atoms with Crippen molar-refractivity contribution in [3.63, 3.8) is 0 Å². The van der Waals surface area contributed by atoms with Gasteiger partial charge in [0.2, 0.25) is 0 Å². The van der Waals surface area contributed by atoms with Crippen molar-refractivity contribution < 1.29 is 5.11 Å². The van der Waals surface area contributed by atoms with Crippen LogP contribution in [0, 0.1) is 6.92 Å². The lowest BCUT2D eigenvalue weighted by Crippen LogP contribution is -2.48. The Morgan fingerprint density at radius 1 is 1.50 bits per heavy atom. The van der Waals surface area contributed by atoms with Gasteiger partial charge in [-0.15, -0.1) is 0 Å². The van der Waals surface area contributed by atoms with Crippen LogP contribution in [0.25, 0.3) is 0 Å². The molecule has 0 unspecified atom stereocenters. The number of nitrogens with one attached hydrogen (secondary N) is 1. The fourth-order valence-electron chi connectivity index (χ4n) is 1.72. The maximum atomic E-state index is 9.26. The number of rotatable bonds is 3. The number of hydrogen-bond acceptors (Lipinski definition) is 4. The fourth-order valence-corrected chi connectivity index (χ4v) is 1.72. The summed E-state index contributed by atoms with van der Waals surface area (Å²) in [6.07, 6.45) is 4.76. The summed E-state index contributed by atoms with van der Waals surface area (Å²) in [7, 11) is 0. The molecule has 1 aromatic rings. The molecular formula is C10H15N3O. The van der Waals surface area contributed by atoms with Crippen LogP contribution in [0.2, 0.25) is 0 Å². The highest BCUT2D eigenvalue weighted by Crippen LogP contribution is 2.34. The molecule has 0 bridgehead atoms. The van der Waals surface area contributed by atoms with Gasteiger partial charge < -0.3 is 10.4 Å². The lowest BCUT2D eigenvalue weighted by molar-refractivity contribution is 0.144. The van der Waals surface area contributed by atoms with E-state index in [-0.39, 0.29) is 12.1 Å². The van der Waals surface area contributed by atoms with Crippen LogP contribution in [-0.4, -0.2) is 27.2 Å². The summed E-state index contributed by atoms with van der Waals surface area (Å²) in [6.45, 7) is 2.11. The van der Waals surface area contributed by atoms with Gasteiger partial charge in [-0.05, 0) is 26.2 Å². The van der Waals surface area contributed by atoms with Crippen molar-refractivity contribution in [1.29, 1.82) is 0 Å². The Morgan fingerprint density at radius 3 is 2.79 bits per heavy atom. The first-order valence-electron chi connectivity index (χ1n) is 4.92. The molecule has 2 rings (SSSR count). The van der Waals surface area contributed by atoms with Crippen molar-refractivity contribution in [1.82, 2.24) is 9.97 Å². The lowest BCUT2D eigenvalue weighted by atomic mass is 9.77. The molecule has 0 radical (unpaired) electrons. The zero-order chi connectivity index (χ0) is 10.0. The average molecular weight is 193 g/mol. The second kappa shape index (κ2) is 3.53. The first-order chi connectivity index (χ1) is 6.74. The molecule has 0 saturated heterocycles. The van der Waals surface area contributed by atoms with Crippen LogP contribution in [0.5, 0.6) is 0 Å². The van der Waals surface area contributed by atoms with E-state index in [9.17, 15) is 5.11 Å². The second-order valence-corrected chi connectivity index (χ2v) is 3.96. The van der Waals surface area contributed by atoms with Crippen LogP contribution in [0.4, 0.5) is 5.82 Å². The summed E-state index contributed by atoms with van der Waals surface area (Å²) in [5.74, 6) is 0.811. The lowest BCUT2D eigenvalue weighted by Gasteiger charge is -2.41. The van der Waals surface area contributed by atoms with E-state index in [1.54, 1.807) is 6.33 Å². The Bertz CT molecular complexity index is 317. The smallest absolute Gasteiger partial charge is 0.130 e. The molecule has 0 atom stereocenters. The van der Waals surface area contributed by atoms with Crippen molar-refractivity contribution in [2.75, 3.05) is 11.9 Å². The summed E-state index contributed by atoms with van der Waals surface area (Å²) in [5, 5.41) is 12.5. The minimum absolute atomic E-state index is 0.124. The van der Waals surface area contributed by atoms with Crippen LogP contribution in [0.3, 0.4) is 0 Å². The molecule has 14 heavy (non-hydrogen) atoms. The molecule has 0 aromatic carbocycles. The molecular weight excluding hydrogens is 178 g/mol. The highest BCUT2D eigenvalue weighted by molar-refractivity contribution is 5.39. The Kier molecular flexibility index (Phi) is 2.37. The topological polar surface area (TPSA) is 58.0 Å². The van der Waals surface area contributed by atoms with Crippen molar-refractivity contribution in [3.05, 3.63) is 18.1 Å². The minimum Gasteiger partial charge on any atom is -0.394 e. The summed E-state index contributed by atoms with van der Waals surface area (Å²) in [6, 6.07) is 1.90. The van der Waals surface area contributed by atoms with Gasteiger partial charge in [0.15, 0.2) is 0 Å². The molecule has 1 aliphatic rings. The number of nitrogens with zero attached hydrogens (tertiary/aromatic N) is 2. The molecule has 4 nitrogen and oxygen atoms in total. The SMILES string of the molecule is Cc1cc(NC2(CO)CCC2)ncn1. The normalized spacial score (nSPS) is 18.7. The predicted octanol–water partition coefficient (Wildman–Crippen LogP) is 1.11. The second-order valence-electron chi connectivity index (χ2n) is 3.96. The van der Waals surface area contributed by atoms with Gasteiger partial charge in [-0.2, -0.15) is 0 Å². The number of hydrogen-bond donors (Lipinski definition) is 2. The van der Waals surface area contributed by atoms with E-state index in [1.165, 1.54) is 6.42 Å². The molecule has 76 valence electrons. The van der Waals surface area contributed by atoms with E-state index < -0.39 is 0 Å². The summed E-state index contributed by atoms with van der Waals surface area (Å²) in [5.41, 5.74) is 0.816. The fraction of sp³-hybridized carbons (Fsp3) is 0.600. The van der Waals surface area contributed by atoms with Crippen LogP contribution in [-0.2, 0) is 0 Å². The van der Waals surface area contributed by atoms with Gasteiger partial charge in [0.1, 0.15) is 12.1 Å². The Balaban J connectivity index is 2.09. The van der Waals surface area contributed by atoms with E-state index >= 15 is 0 Å². The molecule has 1 aromatic heterocycles. The zero-order valence-corrected chi connectivity index (χ0v) is 8.32. The monoisotopic (exact) mass is 193 g/mol. The maximum Gasteiger partial charge on any atom is 0.130 e. The van der Waals surface area contributed by atoms with Gasteiger partial charge >= 0.3 is 0 Å². The van der Waals surface area contributed by atoms with Crippen molar-refractivity contribution in [2.45, 2.75) is 31.7 Å². The molecule has 1 fully saturated rings. The van der Waals surface area contributed by atoms with E-state index in [4.69, 9.17) is 0 Å².